The predicted octanol–water partition coefficient (Wildman–Crippen LogP) is 8.85. The van der Waals surface area contributed by atoms with Gasteiger partial charge >= 0.3 is 0 Å². The number of fused-ring (bicyclic) bond motifs is 10. The molecule has 3 N–H and O–H groups in total. The SMILES string of the molecule is COc1ccc2nc(SC[C@]3(O)CC[C@H]4c5ccc(cc5C(=O)c5cc6ccccc6s5)C[C@@H](O)CCC(C)=CCC[C@@]43C)[nH]c2c1. The molecule has 5 aromatic rings. The molecule has 3 aliphatic rings. The number of H-pyrrole nitrogens is 1. The first-order chi connectivity index (χ1) is 22.7. The number of aromatic amines is 1. The highest BCUT2D eigenvalue weighted by Crippen LogP contribution is 2.59. The zero-order valence-electron chi connectivity index (χ0n) is 27.2. The number of nitrogens with zero attached hydrogens (tertiary/aromatic N) is 1. The fourth-order valence-corrected chi connectivity index (χ4v) is 9.96. The third-order valence-corrected chi connectivity index (χ3v) is 12.9. The van der Waals surface area contributed by atoms with Crippen LogP contribution in [0.25, 0.3) is 21.1 Å². The molecule has 244 valence electrons. The molecule has 47 heavy (non-hydrogen) atoms. The number of hydrogen-bond donors (Lipinski definition) is 3. The minimum absolute atomic E-state index is 0.0167. The summed E-state index contributed by atoms with van der Waals surface area (Å²) in [4.78, 5) is 23.4. The Morgan fingerprint density at radius 2 is 1.96 bits per heavy atom. The van der Waals surface area contributed by atoms with Crippen LogP contribution in [0.4, 0.5) is 0 Å². The molecular formula is C39H42N2O4S2. The van der Waals surface area contributed by atoms with Crippen LogP contribution in [0.5, 0.6) is 5.75 Å². The molecule has 8 heteroatoms. The molecule has 1 fully saturated rings. The van der Waals surface area contributed by atoms with Crippen LogP contribution in [0, 0.1) is 5.41 Å². The van der Waals surface area contributed by atoms with Gasteiger partial charge in [-0.05, 0) is 105 Å². The summed E-state index contributed by atoms with van der Waals surface area (Å²) in [6.07, 6.45) is 6.83. The van der Waals surface area contributed by atoms with Crippen LogP contribution in [0.3, 0.4) is 0 Å². The van der Waals surface area contributed by atoms with Crippen LogP contribution in [0.1, 0.15) is 84.7 Å². The summed E-state index contributed by atoms with van der Waals surface area (Å²) in [5.74, 6) is 1.26. The molecule has 2 heterocycles. The van der Waals surface area contributed by atoms with E-state index in [0.29, 0.717) is 30.6 Å². The number of hydrogen-bond acceptors (Lipinski definition) is 7. The number of thioether (sulfide) groups is 1. The summed E-state index contributed by atoms with van der Waals surface area (Å²) in [6, 6.07) is 22.1. The lowest BCUT2D eigenvalue weighted by molar-refractivity contribution is -0.0422. The number of carbonyl (C=O) groups is 1. The Labute approximate surface area is 284 Å². The lowest BCUT2D eigenvalue weighted by Gasteiger charge is -2.44. The number of aliphatic hydroxyl groups is 2. The Hall–Kier alpha value is -3.43. The van der Waals surface area contributed by atoms with E-state index in [0.717, 1.165) is 73.7 Å². The fraction of sp³-hybridized carbons (Fsp3) is 0.385. The first kappa shape index (κ1) is 32.1. The zero-order valence-corrected chi connectivity index (χ0v) is 28.8. The average Bonchev–Trinajstić information content (AvgIpc) is 3.76. The van der Waals surface area contributed by atoms with Crippen molar-refractivity contribution in [2.75, 3.05) is 12.9 Å². The maximum Gasteiger partial charge on any atom is 0.203 e. The molecule has 1 saturated carbocycles. The number of allylic oxidation sites excluding steroid dienone is 2. The van der Waals surface area contributed by atoms with Crippen LogP contribution in [-0.2, 0) is 6.42 Å². The first-order valence-corrected chi connectivity index (χ1v) is 18.3. The van der Waals surface area contributed by atoms with Crippen molar-refractivity contribution in [1.82, 2.24) is 9.97 Å². The van der Waals surface area contributed by atoms with Gasteiger partial charge in [0.2, 0.25) is 5.78 Å². The molecule has 0 radical (unpaired) electrons. The number of nitrogens with one attached hydrogen (secondary N) is 1. The molecule has 0 amide bonds. The Balaban J connectivity index is 1.27. The molecule has 0 unspecified atom stereocenters. The Morgan fingerprint density at radius 3 is 2.79 bits per heavy atom. The lowest BCUT2D eigenvalue weighted by atomic mass is 9.65. The van der Waals surface area contributed by atoms with Gasteiger partial charge in [-0.3, -0.25) is 4.79 Å². The summed E-state index contributed by atoms with van der Waals surface area (Å²) >= 11 is 3.09. The molecule has 2 bridgehead atoms. The number of carbonyl (C=O) groups excluding carboxylic acids is 1. The van der Waals surface area contributed by atoms with Crippen molar-refractivity contribution in [2.24, 2.45) is 5.41 Å². The lowest BCUT2D eigenvalue weighted by Crippen LogP contribution is -2.46. The number of thiophene rings is 1. The highest BCUT2D eigenvalue weighted by Gasteiger charge is 2.56. The minimum atomic E-state index is -0.982. The fourth-order valence-electron chi connectivity index (χ4n) is 7.75. The molecule has 2 aromatic heterocycles. The number of ether oxygens (including phenoxy) is 1. The van der Waals surface area contributed by atoms with Crippen molar-refractivity contribution < 1.29 is 19.7 Å². The highest BCUT2D eigenvalue weighted by molar-refractivity contribution is 7.99. The second kappa shape index (κ2) is 12.9. The van der Waals surface area contributed by atoms with Gasteiger partial charge in [-0.2, -0.15) is 0 Å². The summed E-state index contributed by atoms with van der Waals surface area (Å²) in [7, 11) is 1.65. The van der Waals surface area contributed by atoms with E-state index in [1.807, 2.05) is 42.5 Å². The number of aliphatic hydroxyl groups excluding tert-OH is 1. The van der Waals surface area contributed by atoms with Crippen molar-refractivity contribution in [3.8, 4) is 5.75 Å². The molecule has 0 spiro atoms. The molecule has 0 saturated heterocycles. The Bertz CT molecular complexity index is 1950. The average molecular weight is 667 g/mol. The van der Waals surface area contributed by atoms with Crippen LogP contribution in [-0.4, -0.2) is 50.5 Å². The van der Waals surface area contributed by atoms with Crippen molar-refractivity contribution >= 4 is 50.0 Å². The summed E-state index contributed by atoms with van der Waals surface area (Å²) in [5, 5.41) is 25.4. The second-order valence-electron chi connectivity index (χ2n) is 13.6. The molecule has 4 atom stereocenters. The van der Waals surface area contributed by atoms with Crippen LogP contribution in [0.15, 0.2) is 83.5 Å². The molecule has 8 rings (SSSR count). The number of imidazole rings is 1. The third kappa shape index (κ3) is 6.17. The number of methoxy groups -OCH3 is 1. The van der Waals surface area contributed by atoms with Gasteiger partial charge in [0.1, 0.15) is 5.75 Å². The number of rotatable bonds is 6. The zero-order chi connectivity index (χ0) is 32.8. The summed E-state index contributed by atoms with van der Waals surface area (Å²) in [5.41, 5.74) is 4.23. The maximum absolute atomic E-state index is 14.4. The minimum Gasteiger partial charge on any atom is -0.497 e. The van der Waals surface area contributed by atoms with Gasteiger partial charge in [0.15, 0.2) is 5.16 Å². The highest BCUT2D eigenvalue weighted by atomic mass is 32.2. The van der Waals surface area contributed by atoms with E-state index in [9.17, 15) is 15.0 Å². The van der Waals surface area contributed by atoms with Gasteiger partial charge in [0.25, 0.3) is 0 Å². The van der Waals surface area contributed by atoms with Gasteiger partial charge in [0.05, 0.1) is 34.7 Å². The van der Waals surface area contributed by atoms with Crippen molar-refractivity contribution in [2.45, 2.75) is 81.6 Å². The first-order valence-electron chi connectivity index (χ1n) is 16.5. The van der Waals surface area contributed by atoms with Gasteiger partial charge in [-0.1, -0.05) is 60.7 Å². The van der Waals surface area contributed by atoms with E-state index >= 15 is 0 Å². The predicted molar refractivity (Wildman–Crippen MR) is 192 cm³/mol. The summed E-state index contributed by atoms with van der Waals surface area (Å²) < 4.78 is 6.48. The van der Waals surface area contributed by atoms with Crippen molar-refractivity contribution in [3.63, 3.8) is 0 Å². The Morgan fingerprint density at radius 1 is 1.11 bits per heavy atom. The van der Waals surface area contributed by atoms with E-state index in [4.69, 9.17) is 9.72 Å². The number of aromatic nitrogens is 2. The van der Waals surface area contributed by atoms with E-state index in [1.165, 1.54) is 16.9 Å². The normalized spacial score (nSPS) is 25.1. The van der Waals surface area contributed by atoms with Gasteiger partial charge in [0, 0.05) is 27.5 Å². The van der Waals surface area contributed by atoms with E-state index in [-0.39, 0.29) is 11.7 Å². The standard InChI is InChI=1S/C39H42N2O4S2/c1-24-7-6-17-38(2)31(16-18-39(38,44)23-46-37-40-32-15-13-28(45-3)22-33(32)41-37)29-14-11-25(19-27(42)12-10-24)20-30(29)36(43)35-21-26-8-4-5-9-34(26)47-35/h4-5,7-9,11,13-15,20-22,27,31,42,44H,6,10,12,16-19,23H2,1-3H3,(H,40,41)/t27-,31-,38-,39+/m0/s1. The van der Waals surface area contributed by atoms with Gasteiger partial charge < -0.3 is 19.9 Å². The number of ketones is 1. The molecule has 0 aliphatic heterocycles. The van der Waals surface area contributed by atoms with Crippen LogP contribution < -0.4 is 4.74 Å². The molecule has 3 aromatic carbocycles. The smallest absolute Gasteiger partial charge is 0.203 e. The van der Waals surface area contributed by atoms with Crippen LogP contribution in [0.2, 0.25) is 0 Å². The quantitative estimate of drug-likeness (QED) is 0.0952. The third-order valence-electron chi connectivity index (χ3n) is 10.7. The maximum atomic E-state index is 14.4. The van der Waals surface area contributed by atoms with Crippen LogP contribution >= 0.6 is 23.1 Å². The van der Waals surface area contributed by atoms with Gasteiger partial charge in [-0.25, -0.2) is 4.98 Å². The van der Waals surface area contributed by atoms with E-state index < -0.39 is 17.1 Å². The summed E-state index contributed by atoms with van der Waals surface area (Å²) in [6.45, 7) is 4.37. The molecule has 6 nitrogen and oxygen atoms in total. The van der Waals surface area contributed by atoms with Crippen molar-refractivity contribution in [1.29, 1.82) is 0 Å². The monoisotopic (exact) mass is 666 g/mol. The Kier molecular flexibility index (Phi) is 8.81. The molecule has 3 aliphatic carbocycles. The van der Waals surface area contributed by atoms with E-state index in [1.54, 1.807) is 18.9 Å². The van der Waals surface area contributed by atoms with E-state index in [2.05, 4.69) is 49.2 Å². The van der Waals surface area contributed by atoms with Gasteiger partial charge in [-0.15, -0.1) is 11.3 Å². The topological polar surface area (TPSA) is 95.4 Å². The largest absolute Gasteiger partial charge is 0.497 e. The molecular weight excluding hydrogens is 625 g/mol. The second-order valence-corrected chi connectivity index (χ2v) is 15.7. The number of benzene rings is 3. The van der Waals surface area contributed by atoms with Crippen molar-refractivity contribution in [3.05, 3.63) is 99.9 Å².